The number of piperidine rings is 1. The summed E-state index contributed by atoms with van der Waals surface area (Å²) in [5, 5.41) is 3.05. The predicted octanol–water partition coefficient (Wildman–Crippen LogP) is 2.40. The van der Waals surface area contributed by atoms with Gasteiger partial charge in [0.05, 0.1) is 11.1 Å². The number of carbonyl (C=O) groups is 4. The van der Waals surface area contributed by atoms with Crippen LogP contribution in [-0.4, -0.2) is 58.6 Å². The number of rotatable bonds is 4. The van der Waals surface area contributed by atoms with Gasteiger partial charge in [0, 0.05) is 24.7 Å². The molecule has 1 N–H and O–H groups in total. The van der Waals surface area contributed by atoms with E-state index in [1.54, 1.807) is 42.2 Å². The molecule has 7 nitrogen and oxygen atoms in total. The quantitative estimate of drug-likeness (QED) is 0.771. The molecule has 0 aromatic heterocycles. The van der Waals surface area contributed by atoms with Crippen LogP contribution >= 0.6 is 0 Å². The van der Waals surface area contributed by atoms with Gasteiger partial charge in [0.25, 0.3) is 17.7 Å². The number of hydrogen-bond acceptors (Lipinski definition) is 4. The lowest BCUT2D eigenvalue weighted by atomic mass is 10.0. The van der Waals surface area contributed by atoms with Crippen LogP contribution in [0.25, 0.3) is 0 Å². The van der Waals surface area contributed by atoms with E-state index in [2.05, 4.69) is 5.32 Å². The Morgan fingerprint density at radius 3 is 2.06 bits per heavy atom. The van der Waals surface area contributed by atoms with Crippen molar-refractivity contribution in [3.05, 3.63) is 70.8 Å². The van der Waals surface area contributed by atoms with Gasteiger partial charge in [-0.1, -0.05) is 30.3 Å². The standard InChI is InChI=1S/C24H25N3O4/c1-15-7-3-4-8-18(15)21(28)25-17-11-13-26(14-12-17)22(29)16(2)27-23(30)19-9-5-6-10-20(19)24(27)31/h3-10,16-17H,11-14H2,1-2H3,(H,25,28). The third-order valence-electron chi connectivity index (χ3n) is 6.10. The van der Waals surface area contributed by atoms with Crippen LogP contribution in [0.2, 0.25) is 0 Å². The lowest BCUT2D eigenvalue weighted by Crippen LogP contribution is -2.53. The summed E-state index contributed by atoms with van der Waals surface area (Å²) in [6.45, 7) is 4.42. The topological polar surface area (TPSA) is 86.8 Å². The van der Waals surface area contributed by atoms with Gasteiger partial charge in [-0.3, -0.25) is 24.1 Å². The number of fused-ring (bicyclic) bond motifs is 1. The molecule has 1 atom stereocenters. The zero-order chi connectivity index (χ0) is 22.1. The number of carbonyl (C=O) groups excluding carboxylic acids is 4. The van der Waals surface area contributed by atoms with Gasteiger partial charge in [0.2, 0.25) is 5.91 Å². The number of likely N-dealkylation sites (tertiary alicyclic amines) is 1. The molecular formula is C24H25N3O4. The van der Waals surface area contributed by atoms with Crippen molar-refractivity contribution in [2.75, 3.05) is 13.1 Å². The molecule has 7 heteroatoms. The fraction of sp³-hybridized carbons (Fsp3) is 0.333. The molecule has 2 heterocycles. The molecule has 1 saturated heterocycles. The second kappa shape index (κ2) is 8.34. The fourth-order valence-electron chi connectivity index (χ4n) is 4.27. The number of nitrogens with zero attached hydrogens (tertiary/aromatic N) is 2. The molecule has 1 unspecified atom stereocenters. The first-order chi connectivity index (χ1) is 14.9. The SMILES string of the molecule is Cc1ccccc1C(=O)NC1CCN(C(=O)C(C)N2C(=O)c3ccccc3C2=O)CC1. The molecule has 0 bridgehead atoms. The van der Waals surface area contributed by atoms with Crippen molar-refractivity contribution in [3.63, 3.8) is 0 Å². The normalized spacial score (nSPS) is 17.5. The van der Waals surface area contributed by atoms with Gasteiger partial charge in [0.1, 0.15) is 6.04 Å². The van der Waals surface area contributed by atoms with E-state index in [0.717, 1.165) is 10.5 Å². The average Bonchev–Trinajstić information content (AvgIpc) is 3.04. The number of amides is 4. The Kier molecular flexibility index (Phi) is 5.59. The van der Waals surface area contributed by atoms with Crippen molar-refractivity contribution in [2.45, 2.75) is 38.8 Å². The molecule has 2 aromatic rings. The number of nitrogens with one attached hydrogen (secondary N) is 1. The smallest absolute Gasteiger partial charge is 0.262 e. The molecule has 4 amide bonds. The van der Waals surface area contributed by atoms with E-state index in [-0.39, 0.29) is 17.9 Å². The van der Waals surface area contributed by atoms with Crippen molar-refractivity contribution >= 4 is 23.6 Å². The summed E-state index contributed by atoms with van der Waals surface area (Å²) < 4.78 is 0. The molecule has 0 radical (unpaired) electrons. The summed E-state index contributed by atoms with van der Waals surface area (Å²) in [4.78, 5) is 53.6. The first kappa shape index (κ1) is 20.8. The van der Waals surface area contributed by atoms with E-state index < -0.39 is 17.9 Å². The van der Waals surface area contributed by atoms with Crippen LogP contribution in [0.1, 0.15) is 56.4 Å². The van der Waals surface area contributed by atoms with Crippen LogP contribution in [0.5, 0.6) is 0 Å². The molecule has 2 aromatic carbocycles. The molecule has 0 aliphatic carbocycles. The largest absolute Gasteiger partial charge is 0.349 e. The van der Waals surface area contributed by atoms with E-state index >= 15 is 0 Å². The third kappa shape index (κ3) is 3.83. The van der Waals surface area contributed by atoms with Crippen LogP contribution in [0, 0.1) is 6.92 Å². The monoisotopic (exact) mass is 419 g/mol. The Hall–Kier alpha value is -3.48. The number of benzene rings is 2. The highest BCUT2D eigenvalue weighted by Crippen LogP contribution is 2.25. The molecule has 0 spiro atoms. The minimum absolute atomic E-state index is 0.0224. The maximum absolute atomic E-state index is 13.0. The second-order valence-electron chi connectivity index (χ2n) is 8.09. The van der Waals surface area contributed by atoms with Gasteiger partial charge in [-0.15, -0.1) is 0 Å². The van der Waals surface area contributed by atoms with Crippen molar-refractivity contribution in [1.29, 1.82) is 0 Å². The van der Waals surface area contributed by atoms with Gasteiger partial charge >= 0.3 is 0 Å². The number of imide groups is 1. The lowest BCUT2D eigenvalue weighted by molar-refractivity contribution is -0.136. The van der Waals surface area contributed by atoms with Gasteiger partial charge in [0.15, 0.2) is 0 Å². The van der Waals surface area contributed by atoms with E-state index in [9.17, 15) is 19.2 Å². The van der Waals surface area contributed by atoms with Crippen molar-refractivity contribution in [1.82, 2.24) is 15.1 Å². The Morgan fingerprint density at radius 1 is 0.935 bits per heavy atom. The van der Waals surface area contributed by atoms with Crippen molar-refractivity contribution < 1.29 is 19.2 Å². The molecule has 2 aliphatic heterocycles. The Labute approximate surface area is 181 Å². The summed E-state index contributed by atoms with van der Waals surface area (Å²) in [5.41, 5.74) is 2.25. The highest BCUT2D eigenvalue weighted by molar-refractivity contribution is 6.22. The molecule has 4 rings (SSSR count). The lowest BCUT2D eigenvalue weighted by Gasteiger charge is -2.35. The summed E-state index contributed by atoms with van der Waals surface area (Å²) in [7, 11) is 0. The summed E-state index contributed by atoms with van der Waals surface area (Å²) >= 11 is 0. The van der Waals surface area contributed by atoms with E-state index in [1.807, 2.05) is 25.1 Å². The average molecular weight is 419 g/mol. The fourth-order valence-corrected chi connectivity index (χ4v) is 4.27. The van der Waals surface area contributed by atoms with Crippen molar-refractivity contribution in [3.8, 4) is 0 Å². The van der Waals surface area contributed by atoms with Crippen LogP contribution in [0.3, 0.4) is 0 Å². The zero-order valence-electron chi connectivity index (χ0n) is 17.6. The van der Waals surface area contributed by atoms with Crippen LogP contribution in [-0.2, 0) is 4.79 Å². The maximum Gasteiger partial charge on any atom is 0.262 e. The van der Waals surface area contributed by atoms with Crippen LogP contribution in [0.15, 0.2) is 48.5 Å². The van der Waals surface area contributed by atoms with E-state index in [0.29, 0.717) is 42.6 Å². The Balaban J connectivity index is 1.35. The number of hydrogen-bond donors (Lipinski definition) is 1. The van der Waals surface area contributed by atoms with Gasteiger partial charge in [-0.05, 0) is 50.5 Å². The summed E-state index contributed by atoms with van der Waals surface area (Å²) in [5.74, 6) is -1.22. The second-order valence-corrected chi connectivity index (χ2v) is 8.09. The van der Waals surface area contributed by atoms with Crippen LogP contribution < -0.4 is 5.32 Å². The molecule has 2 aliphatic rings. The summed E-state index contributed by atoms with van der Waals surface area (Å²) in [6, 6.07) is 13.2. The molecule has 31 heavy (non-hydrogen) atoms. The predicted molar refractivity (Wildman–Crippen MR) is 115 cm³/mol. The molecule has 1 fully saturated rings. The zero-order valence-corrected chi connectivity index (χ0v) is 17.6. The maximum atomic E-state index is 13.0. The van der Waals surface area contributed by atoms with Gasteiger partial charge in [-0.25, -0.2) is 0 Å². The van der Waals surface area contributed by atoms with Crippen LogP contribution in [0.4, 0.5) is 0 Å². The molecular weight excluding hydrogens is 394 g/mol. The van der Waals surface area contributed by atoms with Gasteiger partial charge < -0.3 is 10.2 Å². The van der Waals surface area contributed by atoms with Gasteiger partial charge in [-0.2, -0.15) is 0 Å². The minimum atomic E-state index is -0.870. The minimum Gasteiger partial charge on any atom is -0.349 e. The molecule has 0 saturated carbocycles. The first-order valence-corrected chi connectivity index (χ1v) is 10.5. The highest BCUT2D eigenvalue weighted by Gasteiger charge is 2.42. The van der Waals surface area contributed by atoms with E-state index in [4.69, 9.17) is 0 Å². The first-order valence-electron chi connectivity index (χ1n) is 10.5. The Morgan fingerprint density at radius 2 is 1.48 bits per heavy atom. The summed E-state index contributed by atoms with van der Waals surface area (Å²) in [6.07, 6.45) is 1.25. The third-order valence-corrected chi connectivity index (χ3v) is 6.10. The van der Waals surface area contributed by atoms with E-state index in [1.165, 1.54) is 0 Å². The molecule has 160 valence electrons. The Bertz CT molecular complexity index is 1020. The number of aryl methyl sites for hydroxylation is 1. The van der Waals surface area contributed by atoms with Crippen molar-refractivity contribution in [2.24, 2.45) is 0 Å². The highest BCUT2D eigenvalue weighted by atomic mass is 16.2.